The number of anilines is 2. The van der Waals surface area contributed by atoms with E-state index < -0.39 is 5.41 Å². The van der Waals surface area contributed by atoms with Gasteiger partial charge in [-0.05, 0) is 51.0 Å². The smallest absolute Gasteiger partial charge is 0.239 e. The zero-order valence-corrected chi connectivity index (χ0v) is 15.1. The summed E-state index contributed by atoms with van der Waals surface area (Å²) in [5.74, 6) is -0.431. The summed E-state index contributed by atoms with van der Waals surface area (Å²) in [6.07, 6.45) is 2.46. The third-order valence-corrected chi connectivity index (χ3v) is 5.00. The van der Waals surface area contributed by atoms with Crippen LogP contribution in [0.3, 0.4) is 0 Å². The van der Waals surface area contributed by atoms with Gasteiger partial charge >= 0.3 is 0 Å². The van der Waals surface area contributed by atoms with Crippen LogP contribution in [-0.2, 0) is 14.3 Å². The number of amides is 2. The van der Waals surface area contributed by atoms with Crippen molar-refractivity contribution >= 4 is 23.2 Å². The number of nitrogens with zero attached hydrogens (tertiary/aromatic N) is 2. The standard InChI is InChI=1S/C19H27N3O3/c1-19(2,18(24)22-11-13-25-14-12-22)17(23)20-15-5-7-16(8-6-15)21-9-3-4-10-21/h5-8H,3-4,9-14H2,1-2H3,(H,20,23). The molecule has 0 atom stereocenters. The Hall–Kier alpha value is -2.08. The van der Waals surface area contributed by atoms with Crippen molar-refractivity contribution in [3.8, 4) is 0 Å². The first-order valence-electron chi connectivity index (χ1n) is 9.02. The average molecular weight is 345 g/mol. The monoisotopic (exact) mass is 345 g/mol. The number of carbonyl (C=O) groups excluding carboxylic acids is 2. The number of rotatable bonds is 4. The largest absolute Gasteiger partial charge is 0.378 e. The SMILES string of the molecule is CC(C)(C(=O)Nc1ccc(N2CCCC2)cc1)C(=O)N1CCOCC1. The first-order valence-corrected chi connectivity index (χ1v) is 9.02. The third kappa shape index (κ3) is 3.95. The molecule has 2 heterocycles. The minimum absolute atomic E-state index is 0.151. The molecule has 0 unspecified atom stereocenters. The fourth-order valence-electron chi connectivity index (χ4n) is 3.28. The van der Waals surface area contributed by atoms with E-state index in [1.807, 2.05) is 24.3 Å². The first-order chi connectivity index (χ1) is 12.0. The molecule has 0 aliphatic carbocycles. The number of morpholine rings is 1. The summed E-state index contributed by atoms with van der Waals surface area (Å²) in [5, 5.41) is 2.88. The fraction of sp³-hybridized carbons (Fsp3) is 0.579. The summed E-state index contributed by atoms with van der Waals surface area (Å²) in [5.41, 5.74) is 0.792. The van der Waals surface area contributed by atoms with Gasteiger partial charge in [-0.25, -0.2) is 0 Å². The average Bonchev–Trinajstić information content (AvgIpc) is 3.17. The molecule has 2 amide bonds. The quantitative estimate of drug-likeness (QED) is 0.849. The summed E-state index contributed by atoms with van der Waals surface area (Å²) in [6, 6.07) is 7.86. The van der Waals surface area contributed by atoms with E-state index in [1.54, 1.807) is 18.7 Å². The summed E-state index contributed by atoms with van der Waals surface area (Å²) in [7, 11) is 0. The van der Waals surface area contributed by atoms with E-state index >= 15 is 0 Å². The normalized spacial score (nSPS) is 18.3. The number of carbonyl (C=O) groups is 2. The number of benzene rings is 1. The van der Waals surface area contributed by atoms with Gasteiger partial charge in [0.2, 0.25) is 11.8 Å². The molecule has 25 heavy (non-hydrogen) atoms. The zero-order valence-electron chi connectivity index (χ0n) is 15.1. The van der Waals surface area contributed by atoms with E-state index in [0.29, 0.717) is 26.3 Å². The van der Waals surface area contributed by atoms with Gasteiger partial charge in [-0.3, -0.25) is 9.59 Å². The highest BCUT2D eigenvalue weighted by Gasteiger charge is 2.39. The Morgan fingerprint density at radius 1 is 1.00 bits per heavy atom. The van der Waals surface area contributed by atoms with Crippen molar-refractivity contribution in [3.63, 3.8) is 0 Å². The minimum Gasteiger partial charge on any atom is -0.378 e. The second-order valence-electron chi connectivity index (χ2n) is 7.22. The van der Waals surface area contributed by atoms with Crippen molar-refractivity contribution < 1.29 is 14.3 Å². The second-order valence-corrected chi connectivity index (χ2v) is 7.22. The van der Waals surface area contributed by atoms with E-state index in [-0.39, 0.29) is 11.8 Å². The Morgan fingerprint density at radius 2 is 1.60 bits per heavy atom. The van der Waals surface area contributed by atoms with Gasteiger partial charge in [-0.2, -0.15) is 0 Å². The molecule has 2 saturated heterocycles. The summed E-state index contributed by atoms with van der Waals surface area (Å²) in [4.78, 5) is 29.4. The predicted octanol–water partition coefficient (Wildman–Crippen LogP) is 2.11. The lowest BCUT2D eigenvalue weighted by atomic mass is 9.90. The van der Waals surface area contributed by atoms with Gasteiger partial charge in [0.25, 0.3) is 0 Å². The highest BCUT2D eigenvalue weighted by Crippen LogP contribution is 2.25. The summed E-state index contributed by atoms with van der Waals surface area (Å²) < 4.78 is 5.27. The molecule has 0 radical (unpaired) electrons. The lowest BCUT2D eigenvalue weighted by Crippen LogP contribution is -2.51. The second kappa shape index (κ2) is 7.44. The first kappa shape index (κ1) is 17.7. The molecule has 1 N–H and O–H groups in total. The zero-order chi connectivity index (χ0) is 17.9. The van der Waals surface area contributed by atoms with Crippen LogP contribution in [0.5, 0.6) is 0 Å². The van der Waals surface area contributed by atoms with Gasteiger partial charge in [-0.15, -0.1) is 0 Å². The molecule has 0 aromatic heterocycles. The van der Waals surface area contributed by atoms with E-state index in [9.17, 15) is 9.59 Å². The maximum absolute atomic E-state index is 12.7. The van der Waals surface area contributed by atoms with Crippen molar-refractivity contribution in [2.24, 2.45) is 5.41 Å². The summed E-state index contributed by atoms with van der Waals surface area (Å²) >= 11 is 0. The molecule has 0 saturated carbocycles. The topological polar surface area (TPSA) is 61.9 Å². The van der Waals surface area contributed by atoms with Gasteiger partial charge in [-0.1, -0.05) is 0 Å². The van der Waals surface area contributed by atoms with Crippen LogP contribution in [0.1, 0.15) is 26.7 Å². The van der Waals surface area contributed by atoms with Gasteiger partial charge in [0.15, 0.2) is 0 Å². The highest BCUT2D eigenvalue weighted by atomic mass is 16.5. The summed E-state index contributed by atoms with van der Waals surface area (Å²) in [6.45, 7) is 7.68. The molecule has 1 aromatic carbocycles. The van der Waals surface area contributed by atoms with Crippen LogP contribution >= 0.6 is 0 Å². The Morgan fingerprint density at radius 3 is 2.20 bits per heavy atom. The van der Waals surface area contributed by atoms with E-state index in [2.05, 4.69) is 10.2 Å². The van der Waals surface area contributed by atoms with Crippen LogP contribution in [0.15, 0.2) is 24.3 Å². The minimum atomic E-state index is -1.11. The number of hydrogen-bond donors (Lipinski definition) is 1. The Bertz CT molecular complexity index is 615. The highest BCUT2D eigenvalue weighted by molar-refractivity contribution is 6.09. The molecule has 6 heteroatoms. The molecule has 2 aliphatic rings. The van der Waals surface area contributed by atoms with Crippen LogP contribution in [0.4, 0.5) is 11.4 Å². The van der Waals surface area contributed by atoms with Crippen molar-refractivity contribution in [2.45, 2.75) is 26.7 Å². The van der Waals surface area contributed by atoms with Gasteiger partial charge in [0.1, 0.15) is 5.41 Å². The molecular weight excluding hydrogens is 318 g/mol. The van der Waals surface area contributed by atoms with Crippen LogP contribution in [0.25, 0.3) is 0 Å². The van der Waals surface area contributed by atoms with Crippen molar-refractivity contribution in [3.05, 3.63) is 24.3 Å². The van der Waals surface area contributed by atoms with Crippen LogP contribution in [-0.4, -0.2) is 56.1 Å². The van der Waals surface area contributed by atoms with Crippen molar-refractivity contribution in [1.29, 1.82) is 0 Å². The lowest BCUT2D eigenvalue weighted by molar-refractivity contribution is -0.149. The van der Waals surface area contributed by atoms with Crippen LogP contribution in [0.2, 0.25) is 0 Å². The molecule has 3 rings (SSSR count). The maximum Gasteiger partial charge on any atom is 0.239 e. The van der Waals surface area contributed by atoms with Crippen LogP contribution in [0, 0.1) is 5.41 Å². The molecule has 0 bridgehead atoms. The molecular formula is C19H27N3O3. The predicted molar refractivity (Wildman–Crippen MR) is 97.7 cm³/mol. The number of nitrogens with one attached hydrogen (secondary N) is 1. The molecule has 136 valence electrons. The molecule has 2 aliphatic heterocycles. The molecule has 1 aromatic rings. The maximum atomic E-state index is 12.7. The number of hydrogen-bond acceptors (Lipinski definition) is 4. The van der Waals surface area contributed by atoms with E-state index in [0.717, 1.165) is 18.8 Å². The Labute approximate surface area is 149 Å². The molecule has 2 fully saturated rings. The Kier molecular flexibility index (Phi) is 5.27. The van der Waals surface area contributed by atoms with Gasteiger partial charge in [0.05, 0.1) is 13.2 Å². The Balaban J connectivity index is 1.62. The van der Waals surface area contributed by atoms with Crippen molar-refractivity contribution in [2.75, 3.05) is 49.6 Å². The van der Waals surface area contributed by atoms with Gasteiger partial charge < -0.3 is 19.9 Å². The lowest BCUT2D eigenvalue weighted by Gasteiger charge is -2.33. The van der Waals surface area contributed by atoms with Crippen LogP contribution < -0.4 is 10.2 Å². The fourth-order valence-corrected chi connectivity index (χ4v) is 3.28. The van der Waals surface area contributed by atoms with Gasteiger partial charge in [0, 0.05) is 37.6 Å². The molecule has 6 nitrogen and oxygen atoms in total. The van der Waals surface area contributed by atoms with Crippen molar-refractivity contribution in [1.82, 2.24) is 4.90 Å². The number of ether oxygens (including phenoxy) is 1. The third-order valence-electron chi connectivity index (χ3n) is 5.00. The van der Waals surface area contributed by atoms with E-state index in [1.165, 1.54) is 18.5 Å². The molecule has 0 spiro atoms. The van der Waals surface area contributed by atoms with E-state index in [4.69, 9.17) is 4.74 Å².